The molecule has 4 aromatic rings. The molecule has 372 valence electrons. The van der Waals surface area contributed by atoms with E-state index >= 15 is 0 Å². The van der Waals surface area contributed by atoms with Gasteiger partial charge in [-0.15, -0.1) is 0 Å². The van der Waals surface area contributed by atoms with Crippen molar-refractivity contribution in [2.75, 3.05) is 37.5 Å². The molecule has 4 heterocycles. The van der Waals surface area contributed by atoms with E-state index in [9.17, 15) is 24.0 Å². The van der Waals surface area contributed by atoms with Crippen molar-refractivity contribution in [2.45, 2.75) is 112 Å². The van der Waals surface area contributed by atoms with E-state index < -0.39 is 11.9 Å². The quantitative estimate of drug-likeness (QED) is 0.0298. The SMILES string of the molecule is CC(=O)OCC(CCn1cnc2cnc(N)nc21)COC(C)=O.CC/C=C\C/C=C\C/C=C\C/C=C\C/C=C\C/C=C\CCC(=O)Nc1ncc2ncn(CCC(COC(C)=O)COC(C)=O)c2n1. The number of allylic oxidation sites excluding steroid dienone is 12. The number of carbonyl (C=O) groups excluding carboxylic acids is 5. The minimum Gasteiger partial charge on any atom is -0.465 e. The average Bonchev–Trinajstić information content (AvgIpc) is 3.92. The van der Waals surface area contributed by atoms with E-state index in [0.717, 1.165) is 38.5 Å². The van der Waals surface area contributed by atoms with Gasteiger partial charge in [-0.25, -0.2) is 19.9 Å². The highest BCUT2D eigenvalue weighted by Gasteiger charge is 2.17. The first-order valence-electron chi connectivity index (χ1n) is 23.2. The number of ether oxygens (including phenoxy) is 4. The maximum atomic E-state index is 12.5. The Labute approximate surface area is 404 Å². The number of fused-ring (bicyclic) bond motifs is 2. The molecule has 0 fully saturated rings. The first-order valence-corrected chi connectivity index (χ1v) is 23.2. The fourth-order valence-electron chi connectivity index (χ4n) is 6.17. The van der Waals surface area contributed by atoms with E-state index in [0.29, 0.717) is 61.1 Å². The molecule has 3 N–H and O–H groups in total. The summed E-state index contributed by atoms with van der Waals surface area (Å²) in [6, 6.07) is 0. The van der Waals surface area contributed by atoms with Crippen molar-refractivity contribution in [2.24, 2.45) is 11.8 Å². The number of amides is 1. The van der Waals surface area contributed by atoms with Crippen LogP contribution in [-0.2, 0) is 56.0 Å². The molecular weight excluding hydrogens is 885 g/mol. The standard InChI is InChI=1S/C36H49N5O5.C14H19N5O4/c1-4-5-6-7-8-9-10-11-12-13-14-15-16-17-18-19-20-21-22-23-34(44)39-36-37-26-33-35(40-36)41(29-38-33)25-24-32(27-45-30(2)42)28-46-31(3)43;1-9(20)22-6-11(7-23-10(2)21)3-4-19-8-17-12-5-16-14(15)18-13(12)19/h5-6,8-9,11-12,14-15,17-18,20-21,26,29,32H,4,7,10,13,16,19,22-25,27-28H2,1-3H3,(H,37,39,40,44);5,8,11H,3-4,6-7H2,1-2H3,(H2,15,16,18)/b6-5-,9-8-,12-11-,15-14-,18-17-,21-20-;. The molecule has 0 radical (unpaired) electrons. The van der Waals surface area contributed by atoms with Crippen LogP contribution >= 0.6 is 0 Å². The van der Waals surface area contributed by atoms with Crippen molar-refractivity contribution >= 4 is 64.0 Å². The zero-order valence-corrected chi connectivity index (χ0v) is 40.5. The molecular formula is C50H68N10O9. The fourth-order valence-corrected chi connectivity index (χ4v) is 6.17. The minimum absolute atomic E-state index is 0.112. The number of esters is 4. The Balaban J connectivity index is 0.000000455. The Kier molecular flexibility index (Phi) is 27.0. The molecule has 0 aromatic carbocycles. The van der Waals surface area contributed by atoms with Gasteiger partial charge in [0.25, 0.3) is 0 Å². The van der Waals surface area contributed by atoms with Crippen LogP contribution in [0, 0.1) is 11.8 Å². The maximum Gasteiger partial charge on any atom is 0.302 e. The van der Waals surface area contributed by atoms with Gasteiger partial charge in [-0.2, -0.15) is 9.97 Å². The Hall–Kier alpha value is -7.31. The number of carbonyl (C=O) groups is 5. The van der Waals surface area contributed by atoms with Crippen LogP contribution in [0.1, 0.15) is 98.8 Å². The monoisotopic (exact) mass is 953 g/mol. The average molecular weight is 953 g/mol. The minimum atomic E-state index is -0.394. The molecule has 0 saturated carbocycles. The summed E-state index contributed by atoms with van der Waals surface area (Å²) in [6.45, 7) is 9.22. The van der Waals surface area contributed by atoms with Crippen molar-refractivity contribution in [1.82, 2.24) is 39.0 Å². The van der Waals surface area contributed by atoms with Gasteiger partial charge in [-0.1, -0.05) is 79.8 Å². The van der Waals surface area contributed by atoms with Crippen molar-refractivity contribution in [3.63, 3.8) is 0 Å². The van der Waals surface area contributed by atoms with E-state index in [1.54, 1.807) is 25.0 Å². The number of nitrogens with zero attached hydrogens (tertiary/aromatic N) is 8. The molecule has 19 nitrogen and oxygen atoms in total. The molecule has 0 bridgehead atoms. The number of rotatable bonds is 29. The molecule has 0 atom stereocenters. The summed E-state index contributed by atoms with van der Waals surface area (Å²) in [7, 11) is 0. The van der Waals surface area contributed by atoms with E-state index in [4.69, 9.17) is 24.7 Å². The third-order valence-electron chi connectivity index (χ3n) is 9.77. The van der Waals surface area contributed by atoms with Crippen LogP contribution < -0.4 is 11.1 Å². The van der Waals surface area contributed by atoms with Crippen molar-refractivity contribution < 1.29 is 42.9 Å². The lowest BCUT2D eigenvalue weighted by atomic mass is 10.1. The molecule has 0 unspecified atom stereocenters. The highest BCUT2D eigenvalue weighted by Crippen LogP contribution is 2.16. The van der Waals surface area contributed by atoms with Gasteiger partial charge >= 0.3 is 23.9 Å². The van der Waals surface area contributed by atoms with Crippen LogP contribution in [0.3, 0.4) is 0 Å². The van der Waals surface area contributed by atoms with Gasteiger partial charge in [0, 0.05) is 59.0 Å². The van der Waals surface area contributed by atoms with Gasteiger partial charge in [0.05, 0.1) is 51.5 Å². The van der Waals surface area contributed by atoms with Crippen molar-refractivity contribution in [3.8, 4) is 0 Å². The van der Waals surface area contributed by atoms with Gasteiger partial charge in [0.1, 0.15) is 11.0 Å². The number of anilines is 2. The van der Waals surface area contributed by atoms with Crippen molar-refractivity contribution in [3.05, 3.63) is 98.0 Å². The van der Waals surface area contributed by atoms with E-state index in [2.05, 4.69) is 109 Å². The Bertz CT molecular complexity index is 2360. The molecule has 0 spiro atoms. The van der Waals surface area contributed by atoms with E-state index in [1.807, 2.05) is 15.2 Å². The van der Waals surface area contributed by atoms with Crippen molar-refractivity contribution in [1.29, 1.82) is 0 Å². The van der Waals surface area contributed by atoms with Gasteiger partial charge in [0.15, 0.2) is 11.3 Å². The Morgan fingerprint density at radius 2 is 0.957 bits per heavy atom. The summed E-state index contributed by atoms with van der Waals surface area (Å²) in [5.74, 6) is -1.61. The molecule has 4 aromatic heterocycles. The number of aromatic nitrogens is 8. The summed E-state index contributed by atoms with van der Waals surface area (Å²) < 4.78 is 23.9. The third-order valence-corrected chi connectivity index (χ3v) is 9.77. The summed E-state index contributed by atoms with van der Waals surface area (Å²) in [5.41, 5.74) is 8.04. The highest BCUT2D eigenvalue weighted by atomic mass is 16.6. The van der Waals surface area contributed by atoms with Crippen LogP contribution in [0.25, 0.3) is 22.3 Å². The van der Waals surface area contributed by atoms with Gasteiger partial charge in [0.2, 0.25) is 17.8 Å². The zero-order valence-electron chi connectivity index (χ0n) is 40.5. The van der Waals surface area contributed by atoms with Crippen LogP contribution in [0.15, 0.2) is 98.0 Å². The number of nitrogens with two attached hydrogens (primary N) is 1. The summed E-state index contributed by atoms with van der Waals surface area (Å²) in [5, 5.41) is 2.76. The number of aryl methyl sites for hydroxylation is 2. The molecule has 4 rings (SSSR count). The largest absolute Gasteiger partial charge is 0.465 e. The van der Waals surface area contributed by atoms with Crippen LogP contribution in [-0.4, -0.2) is 95.2 Å². The number of hydrogen-bond acceptors (Lipinski definition) is 16. The lowest BCUT2D eigenvalue weighted by molar-refractivity contribution is -0.148. The zero-order chi connectivity index (χ0) is 50.1. The second kappa shape index (κ2) is 33.2. The van der Waals surface area contributed by atoms with E-state index in [1.165, 1.54) is 27.7 Å². The number of nitrogens with one attached hydrogen (secondary N) is 1. The van der Waals surface area contributed by atoms with Gasteiger partial charge in [-0.3, -0.25) is 29.3 Å². The first kappa shape index (κ1) is 56.0. The smallest absolute Gasteiger partial charge is 0.302 e. The van der Waals surface area contributed by atoms with Crippen LogP contribution in [0.5, 0.6) is 0 Å². The van der Waals surface area contributed by atoms with E-state index in [-0.39, 0.29) is 68.0 Å². The summed E-state index contributed by atoms with van der Waals surface area (Å²) in [4.78, 5) is 82.1. The van der Waals surface area contributed by atoms with Gasteiger partial charge < -0.3 is 33.8 Å². The number of hydrogen-bond donors (Lipinski definition) is 2. The molecule has 0 aliphatic rings. The fraction of sp³-hybridized carbons (Fsp3) is 0.460. The maximum absolute atomic E-state index is 12.5. The lowest BCUT2D eigenvalue weighted by Gasteiger charge is -2.16. The highest BCUT2D eigenvalue weighted by molar-refractivity contribution is 5.89. The molecule has 1 amide bonds. The van der Waals surface area contributed by atoms with Crippen LogP contribution in [0.4, 0.5) is 11.9 Å². The second-order valence-corrected chi connectivity index (χ2v) is 15.7. The lowest BCUT2D eigenvalue weighted by Crippen LogP contribution is -2.21. The third kappa shape index (κ3) is 24.9. The molecule has 0 saturated heterocycles. The Morgan fingerprint density at radius 3 is 1.38 bits per heavy atom. The second-order valence-electron chi connectivity index (χ2n) is 15.7. The predicted octanol–water partition coefficient (Wildman–Crippen LogP) is 7.92. The molecule has 0 aliphatic heterocycles. The molecule has 19 heteroatoms. The Morgan fingerprint density at radius 1 is 0.565 bits per heavy atom. The number of nitrogen functional groups attached to an aromatic ring is 1. The summed E-state index contributed by atoms with van der Waals surface area (Å²) in [6.07, 6.45) is 40.1. The van der Waals surface area contributed by atoms with Gasteiger partial charge in [-0.05, 0) is 57.8 Å². The topological polar surface area (TPSA) is 248 Å². The predicted molar refractivity (Wildman–Crippen MR) is 264 cm³/mol. The molecule has 69 heavy (non-hydrogen) atoms. The van der Waals surface area contributed by atoms with Crippen LogP contribution in [0.2, 0.25) is 0 Å². The normalized spacial score (nSPS) is 11.9. The molecule has 0 aliphatic carbocycles. The summed E-state index contributed by atoms with van der Waals surface area (Å²) >= 11 is 0. The first-order chi connectivity index (χ1) is 33.3. The number of imidazole rings is 2.